The number of fused-ring (bicyclic) bond motifs is 1. The number of carbonyl (C=O) groups is 1. The number of nitrogens with zero attached hydrogens (tertiary/aromatic N) is 3. The summed E-state index contributed by atoms with van der Waals surface area (Å²) < 4.78 is 19.6. The van der Waals surface area contributed by atoms with Gasteiger partial charge in [0.15, 0.2) is 15.1 Å². The number of benzene rings is 2. The van der Waals surface area contributed by atoms with E-state index in [0.29, 0.717) is 69.5 Å². The number of H-pyrrole nitrogens is 1. The molecule has 0 saturated carbocycles. The number of nitrogens with one attached hydrogen (secondary N) is 2. The molecule has 0 spiro atoms. The van der Waals surface area contributed by atoms with E-state index in [4.69, 9.17) is 18.9 Å². The van der Waals surface area contributed by atoms with Crippen molar-refractivity contribution in [1.82, 2.24) is 14.5 Å². The molecule has 0 unspecified atom stereocenters. The molecule has 234 valence electrons. The van der Waals surface area contributed by atoms with Gasteiger partial charge in [0, 0.05) is 35.2 Å². The molecule has 0 fully saturated rings. The van der Waals surface area contributed by atoms with E-state index in [-0.39, 0.29) is 11.1 Å². The van der Waals surface area contributed by atoms with Gasteiger partial charge in [0.25, 0.3) is 17.0 Å². The molecule has 46 heavy (non-hydrogen) atoms. The molecule has 1 amide bonds. The van der Waals surface area contributed by atoms with Gasteiger partial charge in [-0.15, -0.1) is 0 Å². The number of amides is 1. The largest absolute Gasteiger partial charge is 0.497 e. The zero-order valence-electron chi connectivity index (χ0n) is 24.9. The molecular weight excluding hydrogens is 694 g/mol. The zero-order valence-corrected chi connectivity index (χ0v) is 28.1. The number of aryl methyl sites for hydroxylation is 1. The molecular formula is C32H26BrN5O6S2. The number of ether oxygens (including phenoxy) is 2. The topological polar surface area (TPSA) is 141 Å². The van der Waals surface area contributed by atoms with Crippen molar-refractivity contribution in [2.24, 2.45) is 4.99 Å². The number of furan rings is 1. The molecule has 0 radical (unpaired) electrons. The minimum Gasteiger partial charge on any atom is -0.497 e. The first-order chi connectivity index (χ1) is 22.1. The highest BCUT2D eigenvalue weighted by molar-refractivity contribution is 9.10. The van der Waals surface area contributed by atoms with Gasteiger partial charge in [-0.2, -0.15) is 0 Å². The van der Waals surface area contributed by atoms with E-state index in [1.54, 1.807) is 63.4 Å². The highest BCUT2D eigenvalue weighted by atomic mass is 79.9. The Morgan fingerprint density at radius 2 is 1.89 bits per heavy atom. The van der Waals surface area contributed by atoms with Crippen LogP contribution in [-0.2, 0) is 4.79 Å². The van der Waals surface area contributed by atoms with Gasteiger partial charge in [-0.1, -0.05) is 29.5 Å². The molecule has 2 aromatic carbocycles. The average Bonchev–Trinajstić information content (AvgIpc) is 3.52. The second-order valence-electron chi connectivity index (χ2n) is 10.1. The van der Waals surface area contributed by atoms with Crippen molar-refractivity contribution < 1.29 is 18.7 Å². The maximum absolute atomic E-state index is 14.2. The number of aromatic nitrogens is 3. The second-order valence-corrected chi connectivity index (χ2v) is 12.9. The van der Waals surface area contributed by atoms with Crippen molar-refractivity contribution in [2.75, 3.05) is 19.5 Å². The SMILES string of the molecule is COc1ccc([C@H]2C(C(=O)Nc3ccccc3)=C(C)N=c3s/c(=C/c4cc(Br)c(Sc5nc(C)cc(=O)[nH]5)o4)c(=O)n32)c(OC)c1. The van der Waals surface area contributed by atoms with Gasteiger partial charge in [-0.25, -0.2) is 9.98 Å². The van der Waals surface area contributed by atoms with E-state index in [9.17, 15) is 14.4 Å². The molecule has 6 rings (SSSR count). The van der Waals surface area contributed by atoms with Crippen molar-refractivity contribution in [3.63, 3.8) is 0 Å². The van der Waals surface area contributed by atoms with Crippen LogP contribution in [0.4, 0.5) is 5.69 Å². The Bertz CT molecular complexity index is 2250. The molecule has 5 aromatic rings. The summed E-state index contributed by atoms with van der Waals surface area (Å²) in [6, 6.07) is 16.6. The van der Waals surface area contributed by atoms with Crippen LogP contribution < -0.4 is 35.2 Å². The standard InChI is InChI=1S/C32H26BrN5O6S2/c1-16-12-25(39)37-31(34-16)46-30-22(33)13-20(44-30)15-24-29(41)38-27(21-11-10-19(42-3)14-23(21)43-4)26(17(2)35-32(38)45-24)28(40)36-18-8-6-5-7-9-18/h5-15,27H,1-4H3,(H,36,40)(H,34,37,39)/b24-15+/t27-/m0/s1. The molecule has 1 atom stereocenters. The molecule has 2 N–H and O–H groups in total. The summed E-state index contributed by atoms with van der Waals surface area (Å²) in [7, 11) is 3.07. The fourth-order valence-electron chi connectivity index (χ4n) is 5.00. The number of thiazole rings is 1. The minimum atomic E-state index is -0.860. The molecule has 0 saturated heterocycles. The average molecular weight is 721 g/mol. The summed E-state index contributed by atoms with van der Waals surface area (Å²) in [5.74, 6) is 0.999. The van der Waals surface area contributed by atoms with Crippen LogP contribution in [0, 0.1) is 6.92 Å². The predicted molar refractivity (Wildman–Crippen MR) is 179 cm³/mol. The summed E-state index contributed by atoms with van der Waals surface area (Å²) in [4.78, 5) is 52.1. The summed E-state index contributed by atoms with van der Waals surface area (Å²) in [5.41, 5.74) is 1.89. The van der Waals surface area contributed by atoms with Gasteiger partial charge >= 0.3 is 0 Å². The number of para-hydroxylation sites is 1. The van der Waals surface area contributed by atoms with Crippen LogP contribution in [0.3, 0.4) is 0 Å². The third-order valence-electron chi connectivity index (χ3n) is 7.02. The molecule has 4 heterocycles. The minimum absolute atomic E-state index is 0.269. The van der Waals surface area contributed by atoms with Gasteiger partial charge in [-0.05, 0) is 71.9 Å². The van der Waals surface area contributed by atoms with Crippen molar-refractivity contribution in [3.8, 4) is 11.5 Å². The van der Waals surface area contributed by atoms with Crippen LogP contribution in [-0.4, -0.2) is 34.7 Å². The first kappa shape index (κ1) is 31.3. The number of rotatable bonds is 8. The fraction of sp³-hybridized carbons (Fsp3) is 0.156. The van der Waals surface area contributed by atoms with Crippen molar-refractivity contribution >= 4 is 56.7 Å². The quantitative estimate of drug-likeness (QED) is 0.218. The number of carbonyl (C=O) groups excluding carboxylic acids is 1. The number of hydrogen-bond donors (Lipinski definition) is 2. The van der Waals surface area contributed by atoms with E-state index < -0.39 is 11.9 Å². The third kappa shape index (κ3) is 6.23. The zero-order chi connectivity index (χ0) is 32.5. The number of hydrogen-bond acceptors (Lipinski definition) is 10. The van der Waals surface area contributed by atoms with E-state index in [1.165, 1.54) is 29.1 Å². The molecule has 0 bridgehead atoms. The van der Waals surface area contributed by atoms with Crippen LogP contribution in [0.15, 0.2) is 106 Å². The molecule has 11 nitrogen and oxygen atoms in total. The first-order valence-corrected chi connectivity index (χ1v) is 16.2. The summed E-state index contributed by atoms with van der Waals surface area (Å²) in [5, 5.41) is 3.76. The Morgan fingerprint density at radius 1 is 1.11 bits per heavy atom. The van der Waals surface area contributed by atoms with Crippen LogP contribution in [0.25, 0.3) is 6.08 Å². The lowest BCUT2D eigenvalue weighted by Crippen LogP contribution is -2.40. The highest BCUT2D eigenvalue weighted by Gasteiger charge is 2.34. The lowest BCUT2D eigenvalue weighted by molar-refractivity contribution is -0.113. The van der Waals surface area contributed by atoms with Gasteiger partial charge in [-0.3, -0.25) is 19.0 Å². The Hall–Kier alpha value is -4.66. The van der Waals surface area contributed by atoms with Crippen LogP contribution in [0.5, 0.6) is 11.5 Å². The molecule has 1 aliphatic rings. The molecule has 1 aliphatic heterocycles. The highest BCUT2D eigenvalue weighted by Crippen LogP contribution is 2.38. The Labute approximate surface area is 278 Å². The summed E-state index contributed by atoms with van der Waals surface area (Å²) in [6.07, 6.45) is 1.62. The maximum Gasteiger partial charge on any atom is 0.271 e. The van der Waals surface area contributed by atoms with Crippen LogP contribution in [0.1, 0.15) is 30.0 Å². The normalized spacial score (nSPS) is 14.5. The van der Waals surface area contributed by atoms with Crippen molar-refractivity contribution in [2.45, 2.75) is 30.1 Å². The van der Waals surface area contributed by atoms with E-state index in [1.807, 2.05) is 18.2 Å². The second kappa shape index (κ2) is 13.0. The maximum atomic E-state index is 14.2. The number of aromatic amines is 1. The number of methoxy groups -OCH3 is 2. The molecule has 3 aromatic heterocycles. The van der Waals surface area contributed by atoms with E-state index in [0.717, 1.165) is 11.8 Å². The van der Waals surface area contributed by atoms with Crippen molar-refractivity contribution in [1.29, 1.82) is 0 Å². The molecule has 0 aliphatic carbocycles. The number of anilines is 1. The van der Waals surface area contributed by atoms with Gasteiger partial charge in [0.05, 0.1) is 34.5 Å². The predicted octanol–water partition coefficient (Wildman–Crippen LogP) is 4.79. The van der Waals surface area contributed by atoms with Gasteiger partial charge < -0.3 is 24.2 Å². The van der Waals surface area contributed by atoms with E-state index >= 15 is 0 Å². The van der Waals surface area contributed by atoms with Crippen molar-refractivity contribution in [3.05, 3.63) is 123 Å². The summed E-state index contributed by atoms with van der Waals surface area (Å²) >= 11 is 5.82. The lowest BCUT2D eigenvalue weighted by Gasteiger charge is -2.26. The number of allylic oxidation sites excluding steroid dienone is 1. The van der Waals surface area contributed by atoms with Gasteiger partial charge in [0.1, 0.15) is 23.3 Å². The summed E-state index contributed by atoms with van der Waals surface area (Å²) in [6.45, 7) is 3.48. The number of halogens is 1. The smallest absolute Gasteiger partial charge is 0.271 e. The van der Waals surface area contributed by atoms with Gasteiger partial charge in [0.2, 0.25) is 0 Å². The van der Waals surface area contributed by atoms with E-state index in [2.05, 4.69) is 31.2 Å². The van der Waals surface area contributed by atoms with Crippen LogP contribution in [0.2, 0.25) is 0 Å². The monoisotopic (exact) mass is 719 g/mol. The Morgan fingerprint density at radius 3 is 2.61 bits per heavy atom. The molecule has 14 heteroatoms. The fourth-order valence-corrected chi connectivity index (χ4v) is 7.38. The Kier molecular flexibility index (Phi) is 8.84. The third-order valence-corrected chi connectivity index (χ3v) is 9.73. The van der Waals surface area contributed by atoms with Crippen LogP contribution >= 0.6 is 39.0 Å². The first-order valence-electron chi connectivity index (χ1n) is 13.8. The Balaban J connectivity index is 1.46. The lowest BCUT2D eigenvalue weighted by atomic mass is 9.94.